The van der Waals surface area contributed by atoms with Crippen LogP contribution in [0, 0.1) is 11.5 Å². The highest BCUT2D eigenvalue weighted by Gasteiger charge is 2.30. The van der Waals surface area contributed by atoms with Gasteiger partial charge in [-0.05, 0) is 31.5 Å². The minimum Gasteiger partial charge on any atom is -0.281 e. The number of amidine groups is 1. The molecule has 0 saturated heterocycles. The van der Waals surface area contributed by atoms with Gasteiger partial charge >= 0.3 is 6.18 Å². The van der Waals surface area contributed by atoms with E-state index >= 15 is 0 Å². The van der Waals surface area contributed by atoms with Crippen LogP contribution in [0.2, 0.25) is 0 Å². The number of nitrogens with one attached hydrogen (secondary N) is 1. The van der Waals surface area contributed by atoms with Crippen LogP contribution in [0.5, 0.6) is 0 Å². The maximum Gasteiger partial charge on any atom is 0.416 e. The standard InChI is InChI=1S/C12H12F3N3/c1-8(18-9(2)17-7-16)10-3-5-11(6-4-10)12(13,14)15/h3-6,8H,1-2H3,(H,17,18). The second kappa shape index (κ2) is 5.54. The normalized spacial score (nSPS) is 13.9. The molecule has 1 aromatic carbocycles. The van der Waals surface area contributed by atoms with Crippen molar-refractivity contribution in [3.05, 3.63) is 35.4 Å². The number of benzene rings is 1. The van der Waals surface area contributed by atoms with Crippen molar-refractivity contribution in [1.82, 2.24) is 5.32 Å². The van der Waals surface area contributed by atoms with Crippen molar-refractivity contribution in [2.24, 2.45) is 4.99 Å². The summed E-state index contributed by atoms with van der Waals surface area (Å²) in [6.07, 6.45) is -2.61. The van der Waals surface area contributed by atoms with E-state index in [1.807, 2.05) is 0 Å². The maximum atomic E-state index is 12.4. The highest BCUT2D eigenvalue weighted by atomic mass is 19.4. The van der Waals surface area contributed by atoms with E-state index in [-0.39, 0.29) is 6.04 Å². The number of halogens is 3. The van der Waals surface area contributed by atoms with Crippen molar-refractivity contribution in [2.75, 3.05) is 0 Å². The van der Waals surface area contributed by atoms with Gasteiger partial charge in [0.1, 0.15) is 5.84 Å². The Bertz CT molecular complexity index is 469. The fourth-order valence-corrected chi connectivity index (χ4v) is 1.43. The number of hydrogen-bond acceptors (Lipinski definition) is 2. The second-order valence-corrected chi connectivity index (χ2v) is 3.75. The van der Waals surface area contributed by atoms with Gasteiger partial charge in [-0.3, -0.25) is 10.3 Å². The summed E-state index contributed by atoms with van der Waals surface area (Å²) in [5.74, 6) is 0.421. The Morgan fingerprint density at radius 3 is 2.33 bits per heavy atom. The molecular formula is C12H12F3N3. The quantitative estimate of drug-likeness (QED) is 0.381. The first-order chi connectivity index (χ1) is 8.34. The van der Waals surface area contributed by atoms with Crippen molar-refractivity contribution < 1.29 is 13.2 Å². The van der Waals surface area contributed by atoms with Gasteiger partial charge in [-0.1, -0.05) is 12.1 Å². The van der Waals surface area contributed by atoms with E-state index in [0.29, 0.717) is 11.4 Å². The van der Waals surface area contributed by atoms with Gasteiger partial charge in [0.05, 0.1) is 11.6 Å². The lowest BCUT2D eigenvalue weighted by Gasteiger charge is -2.10. The first kappa shape index (κ1) is 14.0. The van der Waals surface area contributed by atoms with Crippen molar-refractivity contribution in [3.8, 4) is 6.19 Å². The van der Waals surface area contributed by atoms with E-state index < -0.39 is 11.7 Å². The van der Waals surface area contributed by atoms with E-state index in [4.69, 9.17) is 5.26 Å². The monoisotopic (exact) mass is 255 g/mol. The van der Waals surface area contributed by atoms with E-state index in [1.54, 1.807) is 20.0 Å². The smallest absolute Gasteiger partial charge is 0.281 e. The zero-order valence-corrected chi connectivity index (χ0v) is 9.92. The summed E-state index contributed by atoms with van der Waals surface area (Å²) in [5.41, 5.74) is -0.0311. The molecule has 0 radical (unpaired) electrons. The Labute approximate surface area is 103 Å². The van der Waals surface area contributed by atoms with Crippen LogP contribution < -0.4 is 5.32 Å². The molecule has 0 aliphatic carbocycles. The SMILES string of the molecule is CC(=NC(C)c1ccc(C(F)(F)F)cc1)NC#N. The number of aliphatic imine (C=N–C) groups is 1. The largest absolute Gasteiger partial charge is 0.416 e. The number of nitriles is 1. The first-order valence-electron chi connectivity index (χ1n) is 5.21. The summed E-state index contributed by atoms with van der Waals surface area (Å²) in [6.45, 7) is 3.36. The van der Waals surface area contributed by atoms with Crippen molar-refractivity contribution in [1.29, 1.82) is 5.26 Å². The number of nitrogens with zero attached hydrogens (tertiary/aromatic N) is 2. The molecular weight excluding hydrogens is 243 g/mol. The Morgan fingerprint density at radius 2 is 1.89 bits per heavy atom. The Hall–Kier alpha value is -2.03. The minimum atomic E-state index is -4.33. The van der Waals surface area contributed by atoms with Gasteiger partial charge in [0, 0.05) is 0 Å². The fraction of sp³-hybridized carbons (Fsp3) is 0.333. The molecule has 1 aromatic rings. The predicted molar refractivity (Wildman–Crippen MR) is 61.7 cm³/mol. The Kier molecular flexibility index (Phi) is 4.32. The van der Waals surface area contributed by atoms with Gasteiger partial charge in [-0.2, -0.15) is 18.4 Å². The summed E-state index contributed by atoms with van der Waals surface area (Å²) < 4.78 is 37.1. The lowest BCUT2D eigenvalue weighted by Crippen LogP contribution is -2.14. The van der Waals surface area contributed by atoms with Gasteiger partial charge in [-0.25, -0.2) is 0 Å². The van der Waals surface area contributed by atoms with Crippen LogP contribution >= 0.6 is 0 Å². The highest BCUT2D eigenvalue weighted by Crippen LogP contribution is 2.30. The lowest BCUT2D eigenvalue weighted by molar-refractivity contribution is -0.137. The minimum absolute atomic E-state index is 0.312. The van der Waals surface area contributed by atoms with E-state index in [2.05, 4.69) is 10.3 Å². The first-order valence-corrected chi connectivity index (χ1v) is 5.21. The second-order valence-electron chi connectivity index (χ2n) is 3.75. The molecule has 0 aliphatic heterocycles. The third-order valence-corrected chi connectivity index (χ3v) is 2.34. The molecule has 96 valence electrons. The molecule has 6 heteroatoms. The summed E-state index contributed by atoms with van der Waals surface area (Å²) in [4.78, 5) is 4.13. The molecule has 1 unspecified atom stereocenters. The Balaban J connectivity index is 2.86. The van der Waals surface area contributed by atoms with Crippen molar-refractivity contribution >= 4 is 5.84 Å². The molecule has 0 aromatic heterocycles. The van der Waals surface area contributed by atoms with Crippen LogP contribution in [0.25, 0.3) is 0 Å². The molecule has 0 spiro atoms. The lowest BCUT2D eigenvalue weighted by atomic mass is 10.1. The van der Waals surface area contributed by atoms with Gasteiger partial charge in [0.2, 0.25) is 0 Å². The van der Waals surface area contributed by atoms with E-state index in [9.17, 15) is 13.2 Å². The van der Waals surface area contributed by atoms with Crippen LogP contribution in [0.1, 0.15) is 31.0 Å². The topological polar surface area (TPSA) is 48.2 Å². The summed E-state index contributed by atoms with van der Waals surface area (Å²) in [5, 5.41) is 10.7. The number of rotatable bonds is 2. The molecule has 0 saturated carbocycles. The molecule has 3 nitrogen and oxygen atoms in total. The number of alkyl halides is 3. The van der Waals surface area contributed by atoms with Gasteiger partial charge in [0.25, 0.3) is 0 Å². The summed E-state index contributed by atoms with van der Waals surface area (Å²) in [7, 11) is 0. The zero-order chi connectivity index (χ0) is 13.8. The van der Waals surface area contributed by atoms with Crippen LogP contribution in [-0.4, -0.2) is 5.84 Å². The molecule has 0 heterocycles. The van der Waals surface area contributed by atoms with Crippen molar-refractivity contribution in [2.45, 2.75) is 26.1 Å². The molecule has 0 fully saturated rings. The maximum absolute atomic E-state index is 12.4. The molecule has 0 amide bonds. The van der Waals surface area contributed by atoms with Crippen LogP contribution in [0.3, 0.4) is 0 Å². The zero-order valence-electron chi connectivity index (χ0n) is 9.92. The average Bonchev–Trinajstić information content (AvgIpc) is 2.28. The molecule has 1 atom stereocenters. The van der Waals surface area contributed by atoms with Crippen molar-refractivity contribution in [3.63, 3.8) is 0 Å². The van der Waals surface area contributed by atoms with Gasteiger partial charge in [0.15, 0.2) is 6.19 Å². The molecule has 1 N–H and O–H groups in total. The van der Waals surface area contributed by atoms with E-state index in [0.717, 1.165) is 12.1 Å². The van der Waals surface area contributed by atoms with Crippen LogP contribution in [0.4, 0.5) is 13.2 Å². The molecule has 1 rings (SSSR count). The van der Waals surface area contributed by atoms with Gasteiger partial charge < -0.3 is 0 Å². The number of hydrogen-bond donors (Lipinski definition) is 1. The molecule has 18 heavy (non-hydrogen) atoms. The summed E-state index contributed by atoms with van der Waals surface area (Å²) in [6, 6.07) is 4.50. The third kappa shape index (κ3) is 3.77. The van der Waals surface area contributed by atoms with Gasteiger partial charge in [-0.15, -0.1) is 0 Å². The highest BCUT2D eigenvalue weighted by molar-refractivity contribution is 5.81. The molecule has 0 aliphatic rings. The molecule has 0 bridgehead atoms. The Morgan fingerprint density at radius 1 is 1.33 bits per heavy atom. The summed E-state index contributed by atoms with van der Waals surface area (Å²) >= 11 is 0. The van der Waals surface area contributed by atoms with Crippen LogP contribution in [-0.2, 0) is 6.18 Å². The average molecular weight is 255 g/mol. The third-order valence-electron chi connectivity index (χ3n) is 2.34. The fourth-order valence-electron chi connectivity index (χ4n) is 1.43. The predicted octanol–water partition coefficient (Wildman–Crippen LogP) is 3.26. The van der Waals surface area contributed by atoms with E-state index in [1.165, 1.54) is 12.1 Å². The van der Waals surface area contributed by atoms with Crippen LogP contribution in [0.15, 0.2) is 29.3 Å².